The largest absolute Gasteiger partial charge is 0.455 e. The van der Waals surface area contributed by atoms with Gasteiger partial charge in [-0.2, -0.15) is 0 Å². The van der Waals surface area contributed by atoms with Gasteiger partial charge in [0.1, 0.15) is 17.1 Å². The van der Waals surface area contributed by atoms with Crippen molar-refractivity contribution in [2.75, 3.05) is 0 Å². The first kappa shape index (κ1) is 13.8. The fourth-order valence-corrected chi connectivity index (χ4v) is 2.47. The van der Waals surface area contributed by atoms with Gasteiger partial charge in [0.05, 0.1) is 4.88 Å². The minimum absolute atomic E-state index is 0.334. The molecule has 2 aromatic rings. The first-order valence-electron chi connectivity index (χ1n) is 6.10. The molecule has 0 aliphatic heterocycles. The Bertz CT molecular complexity index is 592. The Morgan fingerprint density at radius 3 is 2.63 bits per heavy atom. The topological polar surface area (TPSA) is 44.1 Å². The third kappa shape index (κ3) is 2.87. The zero-order valence-electron chi connectivity index (χ0n) is 11.9. The van der Waals surface area contributed by atoms with Crippen LogP contribution in [-0.2, 0) is 11.8 Å². The van der Waals surface area contributed by atoms with Crippen molar-refractivity contribution >= 4 is 17.3 Å². The number of rotatable bonds is 2. The molecule has 19 heavy (non-hydrogen) atoms. The summed E-state index contributed by atoms with van der Waals surface area (Å²) >= 11 is 1.56. The second-order valence-corrected chi connectivity index (χ2v) is 6.34. The Labute approximate surface area is 117 Å². The van der Waals surface area contributed by atoms with E-state index < -0.39 is 5.60 Å². The SMILES string of the molecule is Cc1nc(-c2cccs2)c(C(=O)OC(C)(C)C)n1C. The molecule has 2 aromatic heterocycles. The quantitative estimate of drug-likeness (QED) is 0.791. The smallest absolute Gasteiger partial charge is 0.357 e. The van der Waals surface area contributed by atoms with Gasteiger partial charge in [0.25, 0.3) is 0 Å². The highest BCUT2D eigenvalue weighted by atomic mass is 32.1. The Kier molecular flexibility index (Phi) is 3.49. The minimum Gasteiger partial charge on any atom is -0.455 e. The van der Waals surface area contributed by atoms with Crippen molar-refractivity contribution in [1.29, 1.82) is 0 Å². The first-order chi connectivity index (χ1) is 8.79. The van der Waals surface area contributed by atoms with Crippen LogP contribution in [0, 0.1) is 6.92 Å². The van der Waals surface area contributed by atoms with Crippen molar-refractivity contribution in [2.45, 2.75) is 33.3 Å². The molecule has 0 radical (unpaired) electrons. The second kappa shape index (κ2) is 4.81. The molecule has 0 atom stereocenters. The molecule has 2 rings (SSSR count). The van der Waals surface area contributed by atoms with Crippen molar-refractivity contribution in [3.63, 3.8) is 0 Å². The lowest BCUT2D eigenvalue weighted by molar-refractivity contribution is 0.00597. The van der Waals surface area contributed by atoms with E-state index in [1.165, 1.54) is 0 Å². The summed E-state index contributed by atoms with van der Waals surface area (Å²) in [5, 5.41) is 1.97. The van der Waals surface area contributed by atoms with Crippen LogP contribution in [0.1, 0.15) is 37.1 Å². The van der Waals surface area contributed by atoms with E-state index in [4.69, 9.17) is 4.74 Å². The molecule has 0 N–H and O–H groups in total. The van der Waals surface area contributed by atoms with Crippen LogP contribution in [0.5, 0.6) is 0 Å². The van der Waals surface area contributed by atoms with Crippen molar-refractivity contribution in [2.24, 2.45) is 7.05 Å². The summed E-state index contributed by atoms with van der Waals surface area (Å²) in [6, 6.07) is 3.91. The number of nitrogens with zero attached hydrogens (tertiary/aromatic N) is 2. The van der Waals surface area contributed by atoms with Crippen LogP contribution in [0.25, 0.3) is 10.6 Å². The van der Waals surface area contributed by atoms with Gasteiger partial charge < -0.3 is 9.30 Å². The number of ether oxygens (including phenoxy) is 1. The van der Waals surface area contributed by atoms with E-state index in [2.05, 4.69) is 4.98 Å². The average molecular weight is 278 g/mol. The van der Waals surface area contributed by atoms with Gasteiger partial charge in [-0.05, 0) is 39.1 Å². The normalized spacial score (nSPS) is 11.6. The van der Waals surface area contributed by atoms with Gasteiger partial charge in [0, 0.05) is 7.05 Å². The van der Waals surface area contributed by atoms with Gasteiger partial charge in [-0.1, -0.05) is 6.07 Å². The third-order valence-corrected chi connectivity index (χ3v) is 3.54. The molecule has 0 saturated heterocycles. The van der Waals surface area contributed by atoms with Crippen molar-refractivity contribution < 1.29 is 9.53 Å². The molecule has 4 nitrogen and oxygen atoms in total. The molecule has 0 amide bonds. The third-order valence-electron chi connectivity index (χ3n) is 2.67. The van der Waals surface area contributed by atoms with E-state index in [1.807, 2.05) is 52.3 Å². The maximum atomic E-state index is 12.3. The zero-order valence-corrected chi connectivity index (χ0v) is 12.7. The van der Waals surface area contributed by atoms with Crippen molar-refractivity contribution in [3.8, 4) is 10.6 Å². The van der Waals surface area contributed by atoms with Gasteiger partial charge in [0.15, 0.2) is 5.69 Å². The van der Waals surface area contributed by atoms with Gasteiger partial charge >= 0.3 is 5.97 Å². The van der Waals surface area contributed by atoms with Crippen LogP contribution in [0.4, 0.5) is 0 Å². The second-order valence-electron chi connectivity index (χ2n) is 5.39. The van der Waals surface area contributed by atoms with E-state index in [1.54, 1.807) is 15.9 Å². The summed E-state index contributed by atoms with van der Waals surface area (Å²) in [5.74, 6) is 0.461. The lowest BCUT2D eigenvalue weighted by atomic mass is 10.2. The number of imidazole rings is 1. The summed E-state index contributed by atoms with van der Waals surface area (Å²) in [5.41, 5.74) is 0.696. The Balaban J connectivity index is 2.48. The molecule has 0 saturated carbocycles. The Morgan fingerprint density at radius 1 is 1.42 bits per heavy atom. The standard InChI is InChI=1S/C14H18N2O2S/c1-9-15-11(10-7-6-8-19-10)12(16(9)5)13(17)18-14(2,3)4/h6-8H,1-5H3. The number of aryl methyl sites for hydroxylation is 1. The molecule has 0 aromatic carbocycles. The van der Waals surface area contributed by atoms with E-state index in [9.17, 15) is 4.79 Å². The molecule has 102 valence electrons. The molecule has 5 heteroatoms. The molecule has 0 spiro atoms. The van der Waals surface area contributed by atoms with Crippen LogP contribution in [0.15, 0.2) is 17.5 Å². The summed E-state index contributed by atoms with van der Waals surface area (Å²) in [6.45, 7) is 7.46. The Hall–Kier alpha value is -1.62. The molecular weight excluding hydrogens is 260 g/mol. The maximum Gasteiger partial charge on any atom is 0.357 e. The zero-order chi connectivity index (χ0) is 14.2. The van der Waals surface area contributed by atoms with E-state index in [0.717, 1.165) is 10.7 Å². The summed E-state index contributed by atoms with van der Waals surface area (Å²) in [7, 11) is 1.83. The molecule has 0 aliphatic carbocycles. The molecule has 0 unspecified atom stereocenters. The summed E-state index contributed by atoms with van der Waals surface area (Å²) in [4.78, 5) is 17.8. The average Bonchev–Trinajstić information content (AvgIpc) is 2.85. The number of carbonyl (C=O) groups excluding carboxylic acids is 1. The van der Waals surface area contributed by atoms with Gasteiger partial charge in [-0.3, -0.25) is 0 Å². The summed E-state index contributed by atoms with van der Waals surface area (Å²) in [6.07, 6.45) is 0. The fraction of sp³-hybridized carbons (Fsp3) is 0.429. The monoisotopic (exact) mass is 278 g/mol. The van der Waals surface area contributed by atoms with Gasteiger partial charge in [0.2, 0.25) is 0 Å². The van der Waals surface area contributed by atoms with Crippen LogP contribution in [0.2, 0.25) is 0 Å². The van der Waals surface area contributed by atoms with E-state index in [-0.39, 0.29) is 5.97 Å². The highest BCUT2D eigenvalue weighted by Crippen LogP contribution is 2.29. The van der Waals surface area contributed by atoms with Gasteiger partial charge in [-0.15, -0.1) is 11.3 Å². The van der Waals surface area contributed by atoms with Crippen LogP contribution in [-0.4, -0.2) is 21.1 Å². The lowest BCUT2D eigenvalue weighted by Crippen LogP contribution is -2.25. The number of aromatic nitrogens is 2. The van der Waals surface area contributed by atoms with Crippen molar-refractivity contribution in [3.05, 3.63) is 29.0 Å². The maximum absolute atomic E-state index is 12.3. The van der Waals surface area contributed by atoms with Crippen LogP contribution < -0.4 is 0 Å². The molecule has 2 heterocycles. The van der Waals surface area contributed by atoms with E-state index >= 15 is 0 Å². The number of carbonyl (C=O) groups is 1. The molecule has 0 bridgehead atoms. The lowest BCUT2D eigenvalue weighted by Gasteiger charge is -2.19. The highest BCUT2D eigenvalue weighted by Gasteiger charge is 2.26. The fourth-order valence-electron chi connectivity index (χ4n) is 1.76. The predicted octanol–water partition coefficient (Wildman–Crippen LogP) is 3.41. The van der Waals surface area contributed by atoms with Crippen molar-refractivity contribution in [1.82, 2.24) is 9.55 Å². The summed E-state index contributed by atoms with van der Waals surface area (Å²) < 4.78 is 7.24. The first-order valence-corrected chi connectivity index (χ1v) is 6.98. The molecule has 0 aliphatic rings. The number of hydrogen-bond donors (Lipinski definition) is 0. The number of thiophene rings is 1. The van der Waals surface area contributed by atoms with Gasteiger partial charge in [-0.25, -0.2) is 9.78 Å². The molecule has 0 fully saturated rings. The molecular formula is C14H18N2O2S. The number of esters is 1. The number of hydrogen-bond acceptors (Lipinski definition) is 4. The van der Waals surface area contributed by atoms with Crippen LogP contribution in [0.3, 0.4) is 0 Å². The Morgan fingerprint density at radius 2 is 2.11 bits per heavy atom. The van der Waals surface area contributed by atoms with Crippen LogP contribution >= 0.6 is 11.3 Å². The minimum atomic E-state index is -0.512. The van der Waals surface area contributed by atoms with E-state index in [0.29, 0.717) is 11.4 Å². The predicted molar refractivity (Wildman–Crippen MR) is 76.4 cm³/mol. The highest BCUT2D eigenvalue weighted by molar-refractivity contribution is 7.13.